The van der Waals surface area contributed by atoms with Gasteiger partial charge in [0.25, 0.3) is 0 Å². The lowest BCUT2D eigenvalue weighted by Crippen LogP contribution is -2.33. The van der Waals surface area contributed by atoms with Crippen LogP contribution >= 0.6 is 0 Å². The molecule has 0 aliphatic carbocycles. The summed E-state index contributed by atoms with van der Waals surface area (Å²) >= 11 is 0. The molecule has 4 aliphatic heterocycles. The Bertz CT molecular complexity index is 3140. The minimum absolute atomic E-state index is 0.0286. The molecule has 10 rings (SSSR count). The lowest BCUT2D eigenvalue weighted by atomic mass is 9.77. The Morgan fingerprint density at radius 1 is 0.397 bits per heavy atom. The van der Waals surface area contributed by atoms with Gasteiger partial charge in [0.1, 0.15) is 46.0 Å². The van der Waals surface area contributed by atoms with E-state index in [2.05, 4.69) is 0 Å². The minimum atomic E-state index is -1.54. The van der Waals surface area contributed by atoms with Crippen LogP contribution in [0.5, 0.6) is 46.0 Å². The maximum atomic E-state index is 13.0. The third-order valence-corrected chi connectivity index (χ3v) is 11.0. The number of carbonyl (C=O) groups is 8. The van der Waals surface area contributed by atoms with Crippen LogP contribution in [-0.4, -0.2) is 58.0 Å². The second-order valence-electron chi connectivity index (χ2n) is 15.5. The summed E-state index contributed by atoms with van der Waals surface area (Å²) in [6, 6.07) is 26.8. The standard InChI is InChI=1S/2C25H16O9/c1-12(26)31-15-4-7-19-21(10-15)33-22-11-16(32-13(2)27)5-8-20(22)25(19)18-6-3-14(23(28)29)9-17(18)24(30)34-25;1-12(26)31-15-4-7-18-21(10-15)33-22-11-16(32-13(2)27)5-8-19(22)25(18)20-9-14(23(28)29)3-6-17(20)24(30)34-25/h2*3-11H,1-2H3,(H,28,29). The Morgan fingerprint density at radius 2 is 0.721 bits per heavy atom. The number of ether oxygens (including phenoxy) is 8. The Balaban J connectivity index is 0.000000170. The van der Waals surface area contributed by atoms with Gasteiger partial charge in [0, 0.05) is 85.3 Å². The molecule has 4 heterocycles. The molecule has 0 atom stereocenters. The zero-order valence-corrected chi connectivity index (χ0v) is 35.8. The van der Waals surface area contributed by atoms with E-state index in [-0.39, 0.29) is 68.2 Å². The molecule has 18 nitrogen and oxygen atoms in total. The molecule has 68 heavy (non-hydrogen) atoms. The number of carboxylic acid groups (broad SMARTS) is 2. The normalized spacial score (nSPS) is 14.2. The van der Waals surface area contributed by atoms with Crippen molar-refractivity contribution < 1.29 is 86.5 Å². The van der Waals surface area contributed by atoms with Crippen molar-refractivity contribution >= 4 is 47.8 Å². The highest BCUT2D eigenvalue weighted by molar-refractivity contribution is 6.01. The maximum absolute atomic E-state index is 13.0. The third kappa shape index (κ3) is 7.34. The van der Waals surface area contributed by atoms with Crippen molar-refractivity contribution in [3.05, 3.63) is 165 Å². The molecule has 6 aromatic rings. The molecule has 2 N–H and O–H groups in total. The minimum Gasteiger partial charge on any atom is -0.478 e. The number of rotatable bonds is 6. The van der Waals surface area contributed by atoms with E-state index in [1.165, 1.54) is 100 Å². The van der Waals surface area contributed by atoms with Crippen LogP contribution in [0.4, 0.5) is 0 Å². The Hall–Kier alpha value is -9.32. The van der Waals surface area contributed by atoms with Gasteiger partial charge in [0.05, 0.1) is 22.3 Å². The smallest absolute Gasteiger partial charge is 0.340 e. The maximum Gasteiger partial charge on any atom is 0.340 e. The van der Waals surface area contributed by atoms with Crippen LogP contribution in [0.1, 0.15) is 103 Å². The van der Waals surface area contributed by atoms with E-state index in [4.69, 9.17) is 37.9 Å². The molecule has 18 heteroatoms. The molecule has 6 aromatic carbocycles. The number of esters is 6. The van der Waals surface area contributed by atoms with Gasteiger partial charge in [-0.05, 0) is 78.9 Å². The van der Waals surface area contributed by atoms with Crippen molar-refractivity contribution in [1.82, 2.24) is 0 Å². The van der Waals surface area contributed by atoms with Gasteiger partial charge in [0.15, 0.2) is 11.2 Å². The van der Waals surface area contributed by atoms with Crippen LogP contribution < -0.4 is 28.4 Å². The molecule has 0 bridgehead atoms. The van der Waals surface area contributed by atoms with Crippen LogP contribution in [0.3, 0.4) is 0 Å². The van der Waals surface area contributed by atoms with Crippen LogP contribution in [0.2, 0.25) is 0 Å². The largest absolute Gasteiger partial charge is 0.478 e. The van der Waals surface area contributed by atoms with Gasteiger partial charge >= 0.3 is 47.8 Å². The predicted molar refractivity (Wildman–Crippen MR) is 229 cm³/mol. The van der Waals surface area contributed by atoms with Gasteiger partial charge in [-0.25, -0.2) is 19.2 Å². The molecule has 4 aliphatic rings. The molecule has 340 valence electrons. The van der Waals surface area contributed by atoms with Gasteiger partial charge < -0.3 is 48.1 Å². The number of fused-ring (bicyclic) bond motifs is 12. The summed E-state index contributed by atoms with van der Waals surface area (Å²) in [5, 5.41) is 18.9. The van der Waals surface area contributed by atoms with Crippen LogP contribution in [0, 0.1) is 0 Å². The molecule has 0 saturated heterocycles. The van der Waals surface area contributed by atoms with E-state index in [1.807, 2.05) is 0 Å². The highest BCUT2D eigenvalue weighted by Crippen LogP contribution is 2.59. The lowest BCUT2D eigenvalue weighted by molar-refractivity contribution is -0.132. The van der Waals surface area contributed by atoms with Gasteiger partial charge in [-0.15, -0.1) is 0 Å². The second kappa shape index (κ2) is 16.3. The van der Waals surface area contributed by atoms with Gasteiger partial charge in [0.2, 0.25) is 0 Å². The fourth-order valence-electron chi connectivity index (χ4n) is 8.55. The highest BCUT2D eigenvalue weighted by atomic mass is 16.6. The van der Waals surface area contributed by atoms with Crippen LogP contribution in [0.25, 0.3) is 0 Å². The number of aromatic carboxylic acids is 2. The molecule has 0 unspecified atom stereocenters. The monoisotopic (exact) mass is 920 g/mol. The Labute approximate surface area is 383 Å². The van der Waals surface area contributed by atoms with Crippen LogP contribution in [0.15, 0.2) is 109 Å². The van der Waals surface area contributed by atoms with E-state index < -0.39 is 59.0 Å². The Kier molecular flexibility index (Phi) is 10.5. The number of carboxylic acids is 2. The number of hydrogen-bond donors (Lipinski definition) is 2. The number of benzene rings is 6. The van der Waals surface area contributed by atoms with Crippen molar-refractivity contribution in [2.24, 2.45) is 0 Å². The fourth-order valence-corrected chi connectivity index (χ4v) is 8.55. The molecule has 0 saturated carbocycles. The summed E-state index contributed by atoms with van der Waals surface area (Å²) in [6.45, 7) is 5.03. The van der Waals surface area contributed by atoms with Gasteiger partial charge in [-0.2, -0.15) is 0 Å². The number of hydrogen-bond acceptors (Lipinski definition) is 16. The van der Waals surface area contributed by atoms with E-state index in [0.29, 0.717) is 33.4 Å². The zero-order valence-electron chi connectivity index (χ0n) is 35.8. The Morgan fingerprint density at radius 3 is 1.09 bits per heavy atom. The van der Waals surface area contributed by atoms with Crippen molar-refractivity contribution in [1.29, 1.82) is 0 Å². The summed E-state index contributed by atoms with van der Waals surface area (Å²) in [5.41, 5.74) is -0.315. The first-order valence-corrected chi connectivity index (χ1v) is 20.3. The molecule has 0 fully saturated rings. The summed E-state index contributed by atoms with van der Waals surface area (Å²) in [7, 11) is 0. The SMILES string of the molecule is CC(=O)Oc1ccc2c(c1)Oc1cc(OC(C)=O)ccc1C21OC(=O)c2cc(C(=O)O)ccc21.CC(=O)Oc1ccc2c(c1)Oc1cc(OC(C)=O)ccc1C21OC(=O)c2ccc(C(=O)O)cc21. The molecular weight excluding hydrogens is 889 g/mol. The fraction of sp³-hybridized carbons (Fsp3) is 0.120. The summed E-state index contributed by atoms with van der Waals surface area (Å²) < 4.78 is 44.7. The van der Waals surface area contributed by atoms with Crippen molar-refractivity contribution in [2.45, 2.75) is 38.9 Å². The first-order chi connectivity index (χ1) is 32.4. The quantitative estimate of drug-likeness (QED) is 0.120. The molecular formula is C50H32O18. The molecule has 0 aromatic heterocycles. The zero-order chi connectivity index (χ0) is 48.4. The highest BCUT2D eigenvalue weighted by Gasteiger charge is 2.55. The van der Waals surface area contributed by atoms with Crippen LogP contribution in [-0.2, 0) is 39.9 Å². The average molecular weight is 921 g/mol. The van der Waals surface area contributed by atoms with E-state index in [9.17, 15) is 48.6 Å². The molecule has 2 spiro atoms. The predicted octanol–water partition coefficient (Wildman–Crippen LogP) is 7.61. The number of carbonyl (C=O) groups excluding carboxylic acids is 6. The topological polar surface area (TPSA) is 251 Å². The summed E-state index contributed by atoms with van der Waals surface area (Å²) in [4.78, 5) is 94.8. The van der Waals surface area contributed by atoms with Crippen molar-refractivity contribution in [3.8, 4) is 46.0 Å². The van der Waals surface area contributed by atoms with E-state index in [1.54, 1.807) is 36.4 Å². The first-order valence-electron chi connectivity index (χ1n) is 20.3. The third-order valence-electron chi connectivity index (χ3n) is 11.0. The van der Waals surface area contributed by atoms with Crippen molar-refractivity contribution in [3.63, 3.8) is 0 Å². The second-order valence-corrected chi connectivity index (χ2v) is 15.5. The summed E-state index contributed by atoms with van der Waals surface area (Å²) in [5.74, 6) is -4.07. The molecule has 0 radical (unpaired) electrons. The van der Waals surface area contributed by atoms with Crippen molar-refractivity contribution in [2.75, 3.05) is 0 Å². The lowest BCUT2D eigenvalue weighted by Gasteiger charge is -2.36. The summed E-state index contributed by atoms with van der Waals surface area (Å²) in [6.07, 6.45) is 0. The molecule has 0 amide bonds. The van der Waals surface area contributed by atoms with Gasteiger partial charge in [-0.3, -0.25) is 19.2 Å². The average Bonchev–Trinajstić information content (AvgIpc) is 3.72. The van der Waals surface area contributed by atoms with E-state index in [0.717, 1.165) is 0 Å². The van der Waals surface area contributed by atoms with E-state index >= 15 is 0 Å². The first kappa shape index (κ1) is 43.9. The van der Waals surface area contributed by atoms with Gasteiger partial charge in [-0.1, -0.05) is 6.07 Å².